The van der Waals surface area contributed by atoms with Gasteiger partial charge in [-0.3, -0.25) is 9.67 Å². The van der Waals surface area contributed by atoms with Gasteiger partial charge in [0.1, 0.15) is 11.6 Å². The van der Waals surface area contributed by atoms with Crippen molar-refractivity contribution in [2.24, 2.45) is 7.05 Å². The van der Waals surface area contributed by atoms with E-state index in [-0.39, 0.29) is 12.2 Å². The highest BCUT2D eigenvalue weighted by Gasteiger charge is 2.31. The number of aryl methyl sites for hydroxylation is 1. The summed E-state index contributed by atoms with van der Waals surface area (Å²) in [6.45, 7) is -0.0407. The van der Waals surface area contributed by atoms with E-state index in [0.717, 1.165) is 0 Å². The SMILES string of the molecule is Cn1ccc(NCc2ncc(C(F)(F)F)cc2F)n1. The summed E-state index contributed by atoms with van der Waals surface area (Å²) in [7, 11) is 1.71. The smallest absolute Gasteiger partial charge is 0.363 e. The van der Waals surface area contributed by atoms with Gasteiger partial charge < -0.3 is 5.32 Å². The second-order valence-corrected chi connectivity index (χ2v) is 3.88. The van der Waals surface area contributed by atoms with Crippen molar-refractivity contribution in [3.8, 4) is 0 Å². The summed E-state index contributed by atoms with van der Waals surface area (Å²) in [6.07, 6.45) is -2.31. The molecule has 0 aromatic carbocycles. The van der Waals surface area contributed by atoms with Crippen LogP contribution in [0.25, 0.3) is 0 Å². The number of aromatic nitrogens is 3. The molecule has 0 spiro atoms. The molecule has 2 aromatic heterocycles. The predicted octanol–water partition coefficient (Wildman–Crippen LogP) is 2.59. The Kier molecular flexibility index (Phi) is 3.41. The Labute approximate surface area is 106 Å². The maximum absolute atomic E-state index is 13.5. The number of pyridine rings is 1. The summed E-state index contributed by atoms with van der Waals surface area (Å²) in [4.78, 5) is 3.47. The molecule has 0 radical (unpaired) electrons. The number of nitrogens with zero attached hydrogens (tertiary/aromatic N) is 3. The van der Waals surface area contributed by atoms with Crippen LogP contribution >= 0.6 is 0 Å². The molecule has 0 unspecified atom stereocenters. The first-order chi connectivity index (χ1) is 8.86. The van der Waals surface area contributed by atoms with Crippen molar-refractivity contribution in [2.75, 3.05) is 5.32 Å². The van der Waals surface area contributed by atoms with Gasteiger partial charge in [-0.05, 0) is 6.07 Å². The maximum Gasteiger partial charge on any atom is 0.417 e. The van der Waals surface area contributed by atoms with E-state index in [2.05, 4.69) is 15.4 Å². The third kappa shape index (κ3) is 3.21. The highest BCUT2D eigenvalue weighted by molar-refractivity contribution is 5.33. The van der Waals surface area contributed by atoms with E-state index >= 15 is 0 Å². The van der Waals surface area contributed by atoms with Gasteiger partial charge in [-0.15, -0.1) is 0 Å². The standard InChI is InChI=1S/C11H10F4N4/c1-19-3-2-10(18-19)17-6-9-8(12)4-7(5-16-9)11(13,14)15/h2-5H,6H2,1H3,(H,17,18). The maximum atomic E-state index is 13.5. The molecule has 0 saturated heterocycles. The summed E-state index contributed by atoms with van der Waals surface area (Å²) in [5, 5.41) is 6.75. The second kappa shape index (κ2) is 4.87. The van der Waals surface area contributed by atoms with Gasteiger partial charge in [0.05, 0.1) is 17.8 Å². The zero-order valence-corrected chi connectivity index (χ0v) is 9.87. The van der Waals surface area contributed by atoms with E-state index in [1.165, 1.54) is 0 Å². The summed E-state index contributed by atoms with van der Waals surface area (Å²) in [6, 6.07) is 2.09. The topological polar surface area (TPSA) is 42.7 Å². The molecule has 102 valence electrons. The summed E-state index contributed by atoms with van der Waals surface area (Å²) < 4.78 is 52.0. The van der Waals surface area contributed by atoms with Crippen molar-refractivity contribution < 1.29 is 17.6 Å². The van der Waals surface area contributed by atoms with Gasteiger partial charge in [0, 0.05) is 25.5 Å². The Balaban J connectivity index is 2.09. The minimum Gasteiger partial charge on any atom is -0.363 e. The predicted molar refractivity (Wildman–Crippen MR) is 59.7 cm³/mol. The summed E-state index contributed by atoms with van der Waals surface area (Å²) in [5.74, 6) is -0.512. The molecule has 2 heterocycles. The van der Waals surface area contributed by atoms with Crippen molar-refractivity contribution in [2.45, 2.75) is 12.7 Å². The minimum absolute atomic E-state index is 0.0407. The van der Waals surface area contributed by atoms with Gasteiger partial charge in [-0.25, -0.2) is 4.39 Å². The van der Waals surface area contributed by atoms with Gasteiger partial charge in [-0.1, -0.05) is 0 Å². The Hall–Kier alpha value is -2.12. The molecule has 8 heteroatoms. The summed E-state index contributed by atoms with van der Waals surface area (Å²) >= 11 is 0. The van der Waals surface area contributed by atoms with E-state index in [4.69, 9.17) is 0 Å². The van der Waals surface area contributed by atoms with Gasteiger partial charge in [-0.2, -0.15) is 18.3 Å². The Morgan fingerprint density at radius 3 is 2.63 bits per heavy atom. The molecular weight excluding hydrogens is 264 g/mol. The van der Waals surface area contributed by atoms with E-state index in [1.54, 1.807) is 24.0 Å². The Morgan fingerprint density at radius 2 is 2.11 bits per heavy atom. The third-order valence-corrected chi connectivity index (χ3v) is 2.40. The lowest BCUT2D eigenvalue weighted by atomic mass is 10.2. The normalized spacial score (nSPS) is 11.6. The Bertz CT molecular complexity index is 576. The fourth-order valence-electron chi connectivity index (χ4n) is 1.43. The molecule has 0 aliphatic heterocycles. The van der Waals surface area contributed by atoms with Crippen LogP contribution in [0.5, 0.6) is 0 Å². The van der Waals surface area contributed by atoms with E-state index in [0.29, 0.717) is 18.1 Å². The fourth-order valence-corrected chi connectivity index (χ4v) is 1.43. The van der Waals surface area contributed by atoms with Gasteiger partial charge in [0.15, 0.2) is 0 Å². The third-order valence-electron chi connectivity index (χ3n) is 2.40. The quantitative estimate of drug-likeness (QED) is 0.875. The van der Waals surface area contributed by atoms with Gasteiger partial charge >= 0.3 is 6.18 Å². The van der Waals surface area contributed by atoms with Gasteiger partial charge in [0.2, 0.25) is 0 Å². The molecule has 0 saturated carbocycles. The number of anilines is 1. The molecule has 2 rings (SSSR count). The van der Waals surface area contributed by atoms with Crippen LogP contribution in [0.4, 0.5) is 23.4 Å². The summed E-state index contributed by atoms with van der Waals surface area (Å²) in [5.41, 5.74) is -1.20. The van der Waals surface area contributed by atoms with Crippen LogP contribution in [0.2, 0.25) is 0 Å². The number of halogens is 4. The van der Waals surface area contributed by atoms with Crippen molar-refractivity contribution in [1.29, 1.82) is 0 Å². The van der Waals surface area contributed by atoms with Crippen molar-refractivity contribution in [1.82, 2.24) is 14.8 Å². The van der Waals surface area contributed by atoms with Crippen LogP contribution in [-0.2, 0) is 19.8 Å². The van der Waals surface area contributed by atoms with Crippen LogP contribution < -0.4 is 5.32 Å². The molecular formula is C11H10F4N4. The molecule has 0 bridgehead atoms. The molecule has 1 N–H and O–H groups in total. The lowest BCUT2D eigenvalue weighted by molar-refractivity contribution is -0.138. The van der Waals surface area contributed by atoms with Crippen LogP contribution in [-0.4, -0.2) is 14.8 Å². The first kappa shape index (κ1) is 13.3. The first-order valence-corrected chi connectivity index (χ1v) is 5.31. The van der Waals surface area contributed by atoms with Crippen molar-refractivity contribution >= 4 is 5.82 Å². The molecule has 0 atom stereocenters. The van der Waals surface area contributed by atoms with Crippen molar-refractivity contribution in [3.05, 3.63) is 41.6 Å². The second-order valence-electron chi connectivity index (χ2n) is 3.88. The number of hydrogen-bond donors (Lipinski definition) is 1. The van der Waals surface area contributed by atoms with Gasteiger partial charge in [0.25, 0.3) is 0 Å². The molecule has 0 aliphatic carbocycles. The highest BCUT2D eigenvalue weighted by atomic mass is 19.4. The zero-order chi connectivity index (χ0) is 14.0. The fraction of sp³-hybridized carbons (Fsp3) is 0.273. The number of alkyl halides is 3. The van der Waals surface area contributed by atoms with Crippen LogP contribution in [0.1, 0.15) is 11.3 Å². The largest absolute Gasteiger partial charge is 0.417 e. The first-order valence-electron chi connectivity index (χ1n) is 5.31. The van der Waals surface area contributed by atoms with Crippen LogP contribution in [0, 0.1) is 5.82 Å². The van der Waals surface area contributed by atoms with Crippen molar-refractivity contribution in [3.63, 3.8) is 0 Å². The monoisotopic (exact) mass is 274 g/mol. The number of rotatable bonds is 3. The average molecular weight is 274 g/mol. The molecule has 4 nitrogen and oxygen atoms in total. The Morgan fingerprint density at radius 1 is 1.37 bits per heavy atom. The van der Waals surface area contributed by atoms with E-state index in [1.807, 2.05) is 0 Å². The molecule has 2 aromatic rings. The lowest BCUT2D eigenvalue weighted by Gasteiger charge is -2.08. The molecule has 0 fully saturated rings. The molecule has 0 amide bonds. The van der Waals surface area contributed by atoms with Crippen LogP contribution in [0.3, 0.4) is 0 Å². The lowest BCUT2D eigenvalue weighted by Crippen LogP contribution is -2.10. The molecule has 19 heavy (non-hydrogen) atoms. The number of nitrogens with one attached hydrogen (secondary N) is 1. The van der Waals surface area contributed by atoms with E-state index < -0.39 is 17.6 Å². The van der Waals surface area contributed by atoms with E-state index in [9.17, 15) is 17.6 Å². The molecule has 0 aliphatic rings. The minimum atomic E-state index is -4.60. The zero-order valence-electron chi connectivity index (χ0n) is 9.87. The van der Waals surface area contributed by atoms with Crippen LogP contribution in [0.15, 0.2) is 24.5 Å². The highest BCUT2D eigenvalue weighted by Crippen LogP contribution is 2.29. The number of hydrogen-bond acceptors (Lipinski definition) is 3. The average Bonchev–Trinajstić information content (AvgIpc) is 2.72.